The Balaban J connectivity index is 1.32. The molecule has 1 aliphatic heterocycles. The Morgan fingerprint density at radius 3 is 2.56 bits per heavy atom. The van der Waals surface area contributed by atoms with Crippen molar-refractivity contribution in [3.63, 3.8) is 0 Å². The van der Waals surface area contributed by atoms with Crippen LogP contribution in [-0.4, -0.2) is 48.3 Å². The fraction of sp³-hybridized carbons (Fsp3) is 0.423. The van der Waals surface area contributed by atoms with Gasteiger partial charge in [0.15, 0.2) is 11.5 Å². The summed E-state index contributed by atoms with van der Waals surface area (Å²) in [6.45, 7) is 6.44. The molecular formula is C26H32N4O4. The van der Waals surface area contributed by atoms with Gasteiger partial charge in [-0.15, -0.1) is 0 Å². The Labute approximate surface area is 200 Å². The number of piperidine rings is 1. The molecule has 0 unspecified atom stereocenters. The van der Waals surface area contributed by atoms with Crippen molar-refractivity contribution in [2.24, 2.45) is 5.92 Å². The van der Waals surface area contributed by atoms with Gasteiger partial charge in [-0.3, -0.25) is 9.69 Å². The van der Waals surface area contributed by atoms with Gasteiger partial charge in [0.1, 0.15) is 0 Å². The van der Waals surface area contributed by atoms with Crippen molar-refractivity contribution < 1.29 is 18.8 Å². The van der Waals surface area contributed by atoms with E-state index in [0.29, 0.717) is 35.7 Å². The van der Waals surface area contributed by atoms with Crippen molar-refractivity contribution >= 4 is 11.6 Å². The molecule has 1 saturated heterocycles. The Hall–Kier alpha value is -3.39. The number of hydrogen-bond acceptors (Lipinski definition) is 7. The second-order valence-electron chi connectivity index (χ2n) is 8.86. The van der Waals surface area contributed by atoms with Crippen LogP contribution in [0.3, 0.4) is 0 Å². The lowest BCUT2D eigenvalue weighted by Crippen LogP contribution is -2.38. The van der Waals surface area contributed by atoms with Crippen LogP contribution >= 0.6 is 0 Å². The van der Waals surface area contributed by atoms with Gasteiger partial charge in [0.2, 0.25) is 17.6 Å². The Morgan fingerprint density at radius 2 is 1.85 bits per heavy atom. The molecule has 8 heteroatoms. The van der Waals surface area contributed by atoms with E-state index in [1.807, 2.05) is 36.4 Å². The maximum absolute atomic E-state index is 12.9. The standard InChI is InChI=1S/C26H32N4O4/c1-17(2)20-7-5-6-8-21(20)27-26(31)18-11-13-30(14-12-18)16-24-28-25(29-34-24)19-9-10-22(32-3)23(15-19)33-4/h5-10,15,17-18H,11-14,16H2,1-4H3,(H,27,31). The first-order valence-corrected chi connectivity index (χ1v) is 11.7. The number of carbonyl (C=O) groups is 1. The highest BCUT2D eigenvalue weighted by molar-refractivity contribution is 5.93. The van der Waals surface area contributed by atoms with E-state index in [0.717, 1.165) is 42.7 Å². The first-order valence-electron chi connectivity index (χ1n) is 11.7. The van der Waals surface area contributed by atoms with Crippen LogP contribution in [0.4, 0.5) is 5.69 Å². The number of amides is 1. The smallest absolute Gasteiger partial charge is 0.241 e. The summed E-state index contributed by atoms with van der Waals surface area (Å²) in [5.74, 6) is 2.78. The summed E-state index contributed by atoms with van der Waals surface area (Å²) in [6.07, 6.45) is 1.60. The zero-order chi connectivity index (χ0) is 24.1. The van der Waals surface area contributed by atoms with Crippen LogP contribution in [0.5, 0.6) is 11.5 Å². The van der Waals surface area contributed by atoms with Crippen LogP contribution in [-0.2, 0) is 11.3 Å². The molecule has 4 rings (SSSR count). The molecule has 0 atom stereocenters. The van der Waals surface area contributed by atoms with Crippen molar-refractivity contribution in [1.82, 2.24) is 15.0 Å². The number of aromatic nitrogens is 2. The predicted molar refractivity (Wildman–Crippen MR) is 130 cm³/mol. The van der Waals surface area contributed by atoms with Crippen LogP contribution in [0.2, 0.25) is 0 Å². The number of methoxy groups -OCH3 is 2. The lowest BCUT2D eigenvalue weighted by Gasteiger charge is -2.30. The number of likely N-dealkylation sites (tertiary alicyclic amines) is 1. The molecule has 0 saturated carbocycles. The van der Waals surface area contributed by atoms with Gasteiger partial charge in [0.05, 0.1) is 20.8 Å². The number of hydrogen-bond donors (Lipinski definition) is 1. The molecule has 0 aliphatic carbocycles. The lowest BCUT2D eigenvalue weighted by atomic mass is 9.95. The first kappa shape index (κ1) is 23.8. The highest BCUT2D eigenvalue weighted by Crippen LogP contribution is 2.31. The molecule has 1 N–H and O–H groups in total. The Morgan fingerprint density at radius 1 is 1.12 bits per heavy atom. The van der Waals surface area contributed by atoms with E-state index in [2.05, 4.69) is 40.3 Å². The molecule has 3 aromatic rings. The normalized spacial score (nSPS) is 14.9. The van der Waals surface area contributed by atoms with Crippen LogP contribution < -0.4 is 14.8 Å². The second kappa shape index (κ2) is 10.7. The molecule has 2 heterocycles. The minimum atomic E-state index is 0.00137. The maximum atomic E-state index is 12.9. The number of nitrogens with one attached hydrogen (secondary N) is 1. The summed E-state index contributed by atoms with van der Waals surface area (Å²) >= 11 is 0. The Bertz CT molecular complexity index is 1120. The van der Waals surface area contributed by atoms with E-state index in [-0.39, 0.29) is 11.8 Å². The maximum Gasteiger partial charge on any atom is 0.241 e. The number of anilines is 1. The molecule has 2 aromatic carbocycles. The van der Waals surface area contributed by atoms with Crippen LogP contribution in [0.1, 0.15) is 44.1 Å². The number of carbonyl (C=O) groups excluding carboxylic acids is 1. The summed E-state index contributed by atoms with van der Waals surface area (Å²) in [6, 6.07) is 13.5. The summed E-state index contributed by atoms with van der Waals surface area (Å²) in [7, 11) is 3.19. The van der Waals surface area contributed by atoms with Crippen LogP contribution in [0.25, 0.3) is 11.4 Å². The molecule has 0 bridgehead atoms. The van der Waals surface area contributed by atoms with Gasteiger partial charge < -0.3 is 19.3 Å². The second-order valence-corrected chi connectivity index (χ2v) is 8.86. The van der Waals surface area contributed by atoms with Gasteiger partial charge >= 0.3 is 0 Å². The molecule has 0 spiro atoms. The summed E-state index contributed by atoms with van der Waals surface area (Å²) < 4.78 is 16.1. The minimum absolute atomic E-state index is 0.00137. The molecule has 34 heavy (non-hydrogen) atoms. The molecular weight excluding hydrogens is 432 g/mol. The SMILES string of the molecule is COc1ccc(-c2noc(CN3CCC(C(=O)Nc4ccccc4C(C)C)CC3)n2)cc1OC. The van der Waals surface area contributed by atoms with E-state index in [1.54, 1.807) is 14.2 Å². The number of benzene rings is 2. The van der Waals surface area contributed by atoms with E-state index < -0.39 is 0 Å². The van der Waals surface area contributed by atoms with E-state index in [1.165, 1.54) is 0 Å². The predicted octanol–water partition coefficient (Wildman–Crippen LogP) is 4.73. The summed E-state index contributed by atoms with van der Waals surface area (Å²) in [5, 5.41) is 7.27. The fourth-order valence-electron chi connectivity index (χ4n) is 4.31. The van der Waals surface area contributed by atoms with Crippen molar-refractivity contribution in [2.75, 3.05) is 32.6 Å². The van der Waals surface area contributed by atoms with E-state index in [4.69, 9.17) is 14.0 Å². The lowest BCUT2D eigenvalue weighted by molar-refractivity contribution is -0.121. The zero-order valence-electron chi connectivity index (χ0n) is 20.2. The highest BCUT2D eigenvalue weighted by atomic mass is 16.5. The third-order valence-electron chi connectivity index (χ3n) is 6.27. The Kier molecular flexibility index (Phi) is 7.47. The average molecular weight is 465 g/mol. The first-order chi connectivity index (χ1) is 16.5. The number of rotatable bonds is 8. The van der Waals surface area contributed by atoms with Gasteiger partial charge in [0, 0.05) is 17.2 Å². The van der Waals surface area contributed by atoms with Crippen LogP contribution in [0, 0.1) is 5.92 Å². The van der Waals surface area contributed by atoms with Gasteiger partial charge in [-0.1, -0.05) is 37.2 Å². The molecule has 1 fully saturated rings. The highest BCUT2D eigenvalue weighted by Gasteiger charge is 2.26. The molecule has 0 radical (unpaired) electrons. The fourth-order valence-corrected chi connectivity index (χ4v) is 4.31. The van der Waals surface area contributed by atoms with Crippen molar-refractivity contribution in [3.05, 3.63) is 53.9 Å². The van der Waals surface area contributed by atoms with Crippen LogP contribution in [0.15, 0.2) is 47.0 Å². The van der Waals surface area contributed by atoms with Gasteiger partial charge in [-0.05, 0) is 61.7 Å². The number of nitrogens with zero attached hydrogens (tertiary/aromatic N) is 3. The van der Waals surface area contributed by atoms with E-state index in [9.17, 15) is 4.79 Å². The van der Waals surface area contributed by atoms with Crippen molar-refractivity contribution in [2.45, 2.75) is 39.2 Å². The topological polar surface area (TPSA) is 89.7 Å². The molecule has 1 amide bonds. The third kappa shape index (κ3) is 5.39. The third-order valence-corrected chi connectivity index (χ3v) is 6.27. The summed E-state index contributed by atoms with van der Waals surface area (Å²) in [4.78, 5) is 19.7. The van der Waals surface area contributed by atoms with E-state index >= 15 is 0 Å². The quantitative estimate of drug-likeness (QED) is 0.515. The van der Waals surface area contributed by atoms with Crippen molar-refractivity contribution in [1.29, 1.82) is 0 Å². The molecule has 1 aromatic heterocycles. The molecule has 1 aliphatic rings. The van der Waals surface area contributed by atoms with Gasteiger partial charge in [0.25, 0.3) is 0 Å². The average Bonchev–Trinajstić information content (AvgIpc) is 3.32. The van der Waals surface area contributed by atoms with Gasteiger partial charge in [-0.25, -0.2) is 0 Å². The minimum Gasteiger partial charge on any atom is -0.493 e. The molecule has 8 nitrogen and oxygen atoms in total. The monoisotopic (exact) mass is 464 g/mol. The largest absolute Gasteiger partial charge is 0.493 e. The van der Waals surface area contributed by atoms with Gasteiger partial charge in [-0.2, -0.15) is 4.98 Å². The summed E-state index contributed by atoms with van der Waals surface area (Å²) in [5.41, 5.74) is 2.87. The molecule has 180 valence electrons. The number of para-hydroxylation sites is 1. The zero-order valence-corrected chi connectivity index (χ0v) is 20.2. The number of ether oxygens (including phenoxy) is 2. The van der Waals surface area contributed by atoms with Crippen molar-refractivity contribution in [3.8, 4) is 22.9 Å².